The SMILES string of the molecule is Cc1ccc(O)c(CNc2ccc(CCC(=O)N3CCCC3)cc2)n1. The van der Waals surface area contributed by atoms with Crippen molar-refractivity contribution in [3.8, 4) is 5.75 Å². The molecule has 0 spiro atoms. The van der Waals surface area contributed by atoms with E-state index in [0.717, 1.165) is 49.3 Å². The summed E-state index contributed by atoms with van der Waals surface area (Å²) >= 11 is 0. The van der Waals surface area contributed by atoms with E-state index in [1.54, 1.807) is 12.1 Å². The normalized spacial score (nSPS) is 13.9. The van der Waals surface area contributed by atoms with Gasteiger partial charge in [-0.1, -0.05) is 12.1 Å². The number of aryl methyl sites for hydroxylation is 2. The standard InChI is InChI=1S/C20H25N3O2/c1-15-4-10-19(24)18(22-15)14-21-17-8-5-16(6-9-17)7-11-20(25)23-12-2-3-13-23/h4-6,8-10,21,24H,2-3,7,11-14H2,1H3. The van der Waals surface area contributed by atoms with Crippen LogP contribution in [-0.2, 0) is 17.8 Å². The zero-order valence-electron chi connectivity index (χ0n) is 14.7. The maximum Gasteiger partial charge on any atom is 0.222 e. The van der Waals surface area contributed by atoms with E-state index in [1.165, 1.54) is 0 Å². The summed E-state index contributed by atoms with van der Waals surface area (Å²) in [7, 11) is 0. The summed E-state index contributed by atoms with van der Waals surface area (Å²) in [6.45, 7) is 4.21. The highest BCUT2D eigenvalue weighted by Crippen LogP contribution is 2.18. The molecule has 1 aromatic carbocycles. The number of hydrogen-bond donors (Lipinski definition) is 2. The average molecular weight is 339 g/mol. The fourth-order valence-corrected chi connectivity index (χ4v) is 3.08. The number of nitrogens with one attached hydrogen (secondary N) is 1. The molecular weight excluding hydrogens is 314 g/mol. The lowest BCUT2D eigenvalue weighted by atomic mass is 10.1. The molecule has 1 fully saturated rings. The van der Waals surface area contributed by atoms with Gasteiger partial charge in [-0.05, 0) is 56.0 Å². The quantitative estimate of drug-likeness (QED) is 0.848. The fraction of sp³-hybridized carbons (Fsp3) is 0.400. The summed E-state index contributed by atoms with van der Waals surface area (Å²) in [5.41, 5.74) is 3.65. The minimum absolute atomic E-state index is 0.204. The van der Waals surface area contributed by atoms with Crippen molar-refractivity contribution in [3.63, 3.8) is 0 Å². The van der Waals surface area contributed by atoms with Crippen LogP contribution in [0.15, 0.2) is 36.4 Å². The molecule has 0 aliphatic carbocycles. The summed E-state index contributed by atoms with van der Waals surface area (Å²) in [4.78, 5) is 18.4. The summed E-state index contributed by atoms with van der Waals surface area (Å²) < 4.78 is 0. The van der Waals surface area contributed by atoms with Crippen molar-refractivity contribution in [2.45, 2.75) is 39.2 Å². The largest absolute Gasteiger partial charge is 0.506 e. The number of amides is 1. The van der Waals surface area contributed by atoms with Gasteiger partial charge in [-0.2, -0.15) is 0 Å². The summed E-state index contributed by atoms with van der Waals surface area (Å²) in [6.07, 6.45) is 3.62. The lowest BCUT2D eigenvalue weighted by Crippen LogP contribution is -2.27. The van der Waals surface area contributed by atoms with Gasteiger partial charge in [-0.3, -0.25) is 9.78 Å². The first-order valence-corrected chi connectivity index (χ1v) is 8.88. The molecule has 1 aliphatic heterocycles. The van der Waals surface area contributed by atoms with Gasteiger partial charge in [0.05, 0.1) is 6.54 Å². The van der Waals surface area contributed by atoms with Gasteiger partial charge in [0.25, 0.3) is 0 Å². The van der Waals surface area contributed by atoms with Crippen LogP contribution in [0.2, 0.25) is 0 Å². The third kappa shape index (κ3) is 4.72. The predicted octanol–water partition coefficient (Wildman–Crippen LogP) is 3.26. The van der Waals surface area contributed by atoms with E-state index in [0.29, 0.717) is 18.7 Å². The smallest absolute Gasteiger partial charge is 0.222 e. The molecule has 2 N–H and O–H groups in total. The first-order valence-electron chi connectivity index (χ1n) is 8.88. The number of likely N-dealkylation sites (tertiary alicyclic amines) is 1. The van der Waals surface area contributed by atoms with Crippen LogP contribution < -0.4 is 5.32 Å². The van der Waals surface area contributed by atoms with E-state index in [9.17, 15) is 9.90 Å². The van der Waals surface area contributed by atoms with Gasteiger partial charge in [-0.15, -0.1) is 0 Å². The van der Waals surface area contributed by atoms with Crippen LogP contribution in [-0.4, -0.2) is 34.0 Å². The molecule has 25 heavy (non-hydrogen) atoms. The Bertz CT molecular complexity index is 722. The molecule has 1 amide bonds. The average Bonchev–Trinajstić information content (AvgIpc) is 3.16. The first-order chi connectivity index (χ1) is 12.1. The zero-order chi connectivity index (χ0) is 17.6. The number of aromatic nitrogens is 1. The van der Waals surface area contributed by atoms with E-state index in [-0.39, 0.29) is 11.7 Å². The Balaban J connectivity index is 1.50. The van der Waals surface area contributed by atoms with Gasteiger partial charge in [0.15, 0.2) is 0 Å². The molecule has 2 aromatic rings. The van der Waals surface area contributed by atoms with Crippen LogP contribution >= 0.6 is 0 Å². The van der Waals surface area contributed by atoms with Crippen molar-refractivity contribution >= 4 is 11.6 Å². The van der Waals surface area contributed by atoms with Gasteiger partial charge in [0.2, 0.25) is 5.91 Å². The second-order valence-corrected chi connectivity index (χ2v) is 6.56. The Morgan fingerprint density at radius 1 is 1.16 bits per heavy atom. The Hall–Kier alpha value is -2.56. The molecule has 0 saturated carbocycles. The topological polar surface area (TPSA) is 65.5 Å². The minimum Gasteiger partial charge on any atom is -0.506 e. The number of aromatic hydroxyl groups is 1. The van der Waals surface area contributed by atoms with Crippen LogP contribution in [0, 0.1) is 6.92 Å². The van der Waals surface area contributed by atoms with Crippen LogP contribution in [0.1, 0.15) is 36.2 Å². The maximum atomic E-state index is 12.1. The van der Waals surface area contributed by atoms with Gasteiger partial charge in [0.1, 0.15) is 11.4 Å². The third-order valence-electron chi connectivity index (χ3n) is 4.59. The number of carbonyl (C=O) groups excluding carboxylic acids is 1. The van der Waals surface area contributed by atoms with Crippen molar-refractivity contribution in [2.24, 2.45) is 0 Å². The van der Waals surface area contributed by atoms with E-state index in [1.807, 2.05) is 36.1 Å². The van der Waals surface area contributed by atoms with Crippen molar-refractivity contribution in [1.29, 1.82) is 0 Å². The van der Waals surface area contributed by atoms with Crippen molar-refractivity contribution in [3.05, 3.63) is 53.3 Å². The minimum atomic E-state index is 0.204. The monoisotopic (exact) mass is 339 g/mol. The van der Waals surface area contributed by atoms with Gasteiger partial charge < -0.3 is 15.3 Å². The molecule has 0 atom stereocenters. The zero-order valence-corrected chi connectivity index (χ0v) is 14.7. The molecule has 5 nitrogen and oxygen atoms in total. The molecule has 0 bridgehead atoms. The molecule has 1 aliphatic rings. The molecule has 5 heteroatoms. The van der Waals surface area contributed by atoms with Gasteiger partial charge in [-0.25, -0.2) is 0 Å². The number of pyridine rings is 1. The summed E-state index contributed by atoms with van der Waals surface area (Å²) in [6, 6.07) is 11.5. The number of carbonyl (C=O) groups is 1. The lowest BCUT2D eigenvalue weighted by Gasteiger charge is -2.15. The molecule has 3 rings (SSSR count). The number of hydrogen-bond acceptors (Lipinski definition) is 4. The van der Waals surface area contributed by atoms with Crippen molar-refractivity contribution in [2.75, 3.05) is 18.4 Å². The molecule has 0 unspecified atom stereocenters. The van der Waals surface area contributed by atoms with Crippen molar-refractivity contribution in [1.82, 2.24) is 9.88 Å². The Morgan fingerprint density at radius 3 is 2.60 bits per heavy atom. The number of benzene rings is 1. The maximum absolute atomic E-state index is 12.1. The van der Waals surface area contributed by atoms with Crippen LogP contribution in [0.3, 0.4) is 0 Å². The van der Waals surface area contributed by atoms with Gasteiger partial charge >= 0.3 is 0 Å². The van der Waals surface area contributed by atoms with E-state index in [4.69, 9.17) is 0 Å². The van der Waals surface area contributed by atoms with Crippen LogP contribution in [0.4, 0.5) is 5.69 Å². The van der Waals surface area contributed by atoms with Crippen LogP contribution in [0.25, 0.3) is 0 Å². The molecule has 1 saturated heterocycles. The van der Waals surface area contributed by atoms with E-state index >= 15 is 0 Å². The molecule has 132 valence electrons. The summed E-state index contributed by atoms with van der Waals surface area (Å²) in [5, 5.41) is 13.1. The highest BCUT2D eigenvalue weighted by atomic mass is 16.3. The predicted molar refractivity (Wildman–Crippen MR) is 98.5 cm³/mol. The second-order valence-electron chi connectivity index (χ2n) is 6.56. The van der Waals surface area contributed by atoms with Crippen LogP contribution in [0.5, 0.6) is 5.75 Å². The lowest BCUT2D eigenvalue weighted by molar-refractivity contribution is -0.130. The molecular formula is C20H25N3O2. The van der Waals surface area contributed by atoms with Gasteiger partial charge in [0, 0.05) is 30.9 Å². The Morgan fingerprint density at radius 2 is 1.88 bits per heavy atom. The second kappa shape index (κ2) is 8.01. The highest BCUT2D eigenvalue weighted by molar-refractivity contribution is 5.76. The summed E-state index contributed by atoms with van der Waals surface area (Å²) in [5.74, 6) is 0.468. The number of rotatable bonds is 6. The van der Waals surface area contributed by atoms with E-state index < -0.39 is 0 Å². The molecule has 0 radical (unpaired) electrons. The molecule has 2 heterocycles. The number of nitrogens with zero attached hydrogens (tertiary/aromatic N) is 2. The Kier molecular flexibility index (Phi) is 5.53. The van der Waals surface area contributed by atoms with E-state index in [2.05, 4.69) is 10.3 Å². The van der Waals surface area contributed by atoms with Crippen molar-refractivity contribution < 1.29 is 9.90 Å². The third-order valence-corrected chi connectivity index (χ3v) is 4.59. The number of anilines is 1. The Labute approximate surface area is 148 Å². The molecule has 1 aromatic heterocycles. The highest BCUT2D eigenvalue weighted by Gasteiger charge is 2.17. The first kappa shape index (κ1) is 17.3. The fourth-order valence-electron chi connectivity index (χ4n) is 3.08.